The molecule has 1 aromatic heterocycles. The second-order valence-corrected chi connectivity index (χ2v) is 7.51. The first-order valence-corrected chi connectivity index (χ1v) is 9.81. The van der Waals surface area contributed by atoms with Crippen LogP contribution in [0.5, 0.6) is 0 Å². The first-order valence-electron chi connectivity index (χ1n) is 9.81. The molecule has 0 bridgehead atoms. The summed E-state index contributed by atoms with van der Waals surface area (Å²) in [5, 5.41) is 0.0212. The molecule has 4 rings (SSSR count). The number of rotatable bonds is 6. The Morgan fingerprint density at radius 1 is 1.13 bits per heavy atom. The van der Waals surface area contributed by atoms with Crippen molar-refractivity contribution in [2.24, 2.45) is 0 Å². The summed E-state index contributed by atoms with van der Waals surface area (Å²) in [5.74, 6) is -1.75. The number of benzene rings is 2. The molecule has 0 radical (unpaired) electrons. The number of nitrogens with zero attached hydrogens (tertiary/aromatic N) is 1. The van der Waals surface area contributed by atoms with Gasteiger partial charge in [-0.3, -0.25) is 9.59 Å². The maximum Gasteiger partial charge on any atom is 0.290 e. The van der Waals surface area contributed by atoms with E-state index in [0.717, 1.165) is 12.1 Å². The van der Waals surface area contributed by atoms with Crippen LogP contribution in [0.1, 0.15) is 48.0 Å². The number of ether oxygens (including phenoxy) is 1. The monoisotopic (exact) mass is 413 g/mol. The lowest BCUT2D eigenvalue weighted by Gasteiger charge is -2.25. The van der Waals surface area contributed by atoms with Gasteiger partial charge in [0.15, 0.2) is 5.43 Å². The predicted octanol–water partition coefficient (Wildman–Crippen LogP) is 4.43. The van der Waals surface area contributed by atoms with E-state index in [-0.39, 0.29) is 40.5 Å². The van der Waals surface area contributed by atoms with Crippen molar-refractivity contribution in [3.8, 4) is 0 Å². The Morgan fingerprint density at radius 2 is 1.90 bits per heavy atom. The molecule has 0 saturated carbocycles. The summed E-state index contributed by atoms with van der Waals surface area (Å²) in [6.07, 6.45) is 0.549. The number of halogens is 2. The van der Waals surface area contributed by atoms with Gasteiger partial charge >= 0.3 is 0 Å². The van der Waals surface area contributed by atoms with E-state index >= 15 is 0 Å². The fourth-order valence-corrected chi connectivity index (χ4v) is 3.80. The van der Waals surface area contributed by atoms with Crippen LogP contribution in [-0.4, -0.2) is 30.1 Å². The van der Waals surface area contributed by atoms with Crippen molar-refractivity contribution in [1.82, 2.24) is 4.90 Å². The molecule has 156 valence electrons. The Balaban J connectivity index is 1.84. The molecule has 0 unspecified atom stereocenters. The summed E-state index contributed by atoms with van der Waals surface area (Å²) < 4.78 is 39.7. The van der Waals surface area contributed by atoms with E-state index < -0.39 is 29.0 Å². The summed E-state index contributed by atoms with van der Waals surface area (Å²) in [6.45, 7) is 4.48. The standard InChI is InChI=1S/C23H21F2NO4/c1-13(2)29-11-5-10-26-20(15-6-3-4-7-17(15)25)19-21(27)16-12-14(24)8-9-18(16)30-22(19)23(26)28/h3-4,6-9,12-13,20H,5,10-11H2,1-2H3/t20-/m1/s1. The van der Waals surface area contributed by atoms with Gasteiger partial charge in [0.1, 0.15) is 17.2 Å². The van der Waals surface area contributed by atoms with E-state index in [0.29, 0.717) is 13.0 Å². The van der Waals surface area contributed by atoms with Gasteiger partial charge in [-0.05, 0) is 44.5 Å². The van der Waals surface area contributed by atoms with E-state index in [1.165, 1.54) is 29.2 Å². The predicted molar refractivity (Wildman–Crippen MR) is 107 cm³/mol. The van der Waals surface area contributed by atoms with E-state index in [4.69, 9.17) is 9.15 Å². The van der Waals surface area contributed by atoms with Crippen molar-refractivity contribution in [2.75, 3.05) is 13.2 Å². The quantitative estimate of drug-likeness (QED) is 0.561. The fourth-order valence-electron chi connectivity index (χ4n) is 3.80. The second-order valence-electron chi connectivity index (χ2n) is 7.51. The average molecular weight is 413 g/mol. The van der Waals surface area contributed by atoms with Crippen LogP contribution >= 0.6 is 0 Å². The number of carbonyl (C=O) groups excluding carboxylic acids is 1. The van der Waals surface area contributed by atoms with E-state index in [1.54, 1.807) is 6.07 Å². The summed E-state index contributed by atoms with van der Waals surface area (Å²) in [7, 11) is 0. The summed E-state index contributed by atoms with van der Waals surface area (Å²) in [4.78, 5) is 27.8. The third-order valence-corrected chi connectivity index (χ3v) is 5.12. The Bertz CT molecular complexity index is 1170. The summed E-state index contributed by atoms with van der Waals surface area (Å²) >= 11 is 0. The molecule has 2 heterocycles. The minimum atomic E-state index is -0.948. The lowest BCUT2D eigenvalue weighted by molar-refractivity contribution is 0.0592. The average Bonchev–Trinajstić information content (AvgIpc) is 2.98. The van der Waals surface area contributed by atoms with Crippen LogP contribution < -0.4 is 5.43 Å². The Labute approximate surface area is 171 Å². The van der Waals surface area contributed by atoms with Crippen LogP contribution in [0.2, 0.25) is 0 Å². The maximum absolute atomic E-state index is 14.7. The highest BCUT2D eigenvalue weighted by atomic mass is 19.1. The lowest BCUT2D eigenvalue weighted by Crippen LogP contribution is -2.32. The number of hydrogen-bond acceptors (Lipinski definition) is 4. The van der Waals surface area contributed by atoms with Crippen molar-refractivity contribution in [3.05, 3.63) is 81.2 Å². The van der Waals surface area contributed by atoms with Crippen molar-refractivity contribution in [2.45, 2.75) is 32.4 Å². The van der Waals surface area contributed by atoms with Gasteiger partial charge < -0.3 is 14.1 Å². The van der Waals surface area contributed by atoms with Crippen molar-refractivity contribution in [3.63, 3.8) is 0 Å². The molecule has 0 fully saturated rings. The first kappa shape index (κ1) is 20.2. The zero-order valence-corrected chi connectivity index (χ0v) is 16.7. The molecule has 7 heteroatoms. The van der Waals surface area contributed by atoms with Crippen molar-refractivity contribution >= 4 is 16.9 Å². The van der Waals surface area contributed by atoms with Crippen molar-refractivity contribution in [1.29, 1.82) is 0 Å². The molecule has 0 N–H and O–H groups in total. The van der Waals surface area contributed by atoms with Gasteiger partial charge in [-0.15, -0.1) is 0 Å². The van der Waals surface area contributed by atoms with Gasteiger partial charge in [0, 0.05) is 18.7 Å². The fraction of sp³-hybridized carbons (Fsp3) is 0.304. The molecule has 0 spiro atoms. The molecule has 3 aromatic rings. The zero-order valence-electron chi connectivity index (χ0n) is 16.7. The molecule has 1 aliphatic heterocycles. The van der Waals surface area contributed by atoms with Crippen molar-refractivity contribution < 1.29 is 22.7 Å². The Hall–Kier alpha value is -3.06. The molecule has 30 heavy (non-hydrogen) atoms. The van der Waals surface area contributed by atoms with Crippen LogP contribution in [0.15, 0.2) is 51.7 Å². The van der Waals surface area contributed by atoms with Gasteiger partial charge in [-0.1, -0.05) is 18.2 Å². The third-order valence-electron chi connectivity index (χ3n) is 5.12. The van der Waals surface area contributed by atoms with Crippen LogP contribution in [0, 0.1) is 11.6 Å². The molecule has 2 aromatic carbocycles. The first-order chi connectivity index (χ1) is 14.4. The molecule has 0 saturated heterocycles. The Kier molecular flexibility index (Phi) is 5.39. The highest BCUT2D eigenvalue weighted by Gasteiger charge is 2.43. The van der Waals surface area contributed by atoms with Gasteiger partial charge in [-0.25, -0.2) is 8.78 Å². The summed E-state index contributed by atoms with van der Waals surface area (Å²) in [6, 6.07) is 8.60. The molecule has 1 amide bonds. The zero-order chi connectivity index (χ0) is 21.4. The Morgan fingerprint density at radius 3 is 2.63 bits per heavy atom. The van der Waals surface area contributed by atoms with Crippen LogP contribution in [0.25, 0.3) is 11.0 Å². The molecular weight excluding hydrogens is 392 g/mol. The highest BCUT2D eigenvalue weighted by Crippen LogP contribution is 2.39. The van der Waals surface area contributed by atoms with Crippen LogP contribution in [-0.2, 0) is 4.74 Å². The number of fused-ring (bicyclic) bond motifs is 2. The van der Waals surface area contributed by atoms with E-state index in [9.17, 15) is 18.4 Å². The SMILES string of the molecule is CC(C)OCCCN1C(=O)c2oc3ccc(F)cc3c(=O)c2[C@H]1c1ccccc1F. The van der Waals surface area contributed by atoms with Crippen LogP contribution in [0.3, 0.4) is 0 Å². The van der Waals surface area contributed by atoms with E-state index in [1.807, 2.05) is 13.8 Å². The number of hydrogen-bond donors (Lipinski definition) is 0. The minimum Gasteiger partial charge on any atom is -0.450 e. The molecule has 1 aliphatic rings. The van der Waals surface area contributed by atoms with E-state index in [2.05, 4.69) is 0 Å². The largest absolute Gasteiger partial charge is 0.450 e. The van der Waals surface area contributed by atoms with Gasteiger partial charge in [0.05, 0.1) is 23.1 Å². The topological polar surface area (TPSA) is 59.8 Å². The second kappa shape index (κ2) is 7.99. The highest BCUT2D eigenvalue weighted by molar-refractivity contribution is 5.99. The lowest BCUT2D eigenvalue weighted by atomic mass is 9.98. The number of amides is 1. The molecule has 0 aliphatic carbocycles. The number of carbonyl (C=O) groups is 1. The van der Waals surface area contributed by atoms with Gasteiger partial charge in [-0.2, -0.15) is 0 Å². The third kappa shape index (κ3) is 3.50. The molecule has 5 nitrogen and oxygen atoms in total. The van der Waals surface area contributed by atoms with Gasteiger partial charge in [0.25, 0.3) is 5.91 Å². The molecule has 1 atom stereocenters. The normalized spacial score (nSPS) is 16.0. The molecular formula is C23H21F2NO4. The van der Waals surface area contributed by atoms with Crippen LogP contribution in [0.4, 0.5) is 8.78 Å². The summed E-state index contributed by atoms with van der Waals surface area (Å²) in [5.41, 5.74) is -0.190. The van der Waals surface area contributed by atoms with Gasteiger partial charge in [0.2, 0.25) is 5.76 Å². The smallest absolute Gasteiger partial charge is 0.290 e. The maximum atomic E-state index is 14.7. The minimum absolute atomic E-state index is 0.0212.